The number of hydrogen-bond acceptors (Lipinski definition) is 6. The molecule has 2 aromatic heterocycles. The van der Waals surface area contributed by atoms with Crippen molar-refractivity contribution >= 4 is 39.4 Å². The molecular formula is C21H16N4OS. The summed E-state index contributed by atoms with van der Waals surface area (Å²) in [5.41, 5.74) is 4.79. The third-order valence-electron chi connectivity index (χ3n) is 4.59. The minimum atomic E-state index is 0.534. The standard InChI is InChI=1S/C21H16N4OS/c22-19-7-5-13-4-6-15(12-18(13)27-19)24-21-23-10-8-17(25-21)16-3-1-2-14-9-11-26-20(14)16/h1-4,6,8-12,22H,5,7H2,(H,23,24,25). The Hall–Kier alpha value is -3.12. The van der Waals surface area contributed by atoms with Gasteiger partial charge in [0.05, 0.1) is 17.0 Å². The van der Waals surface area contributed by atoms with Gasteiger partial charge < -0.3 is 9.73 Å². The summed E-state index contributed by atoms with van der Waals surface area (Å²) in [5, 5.41) is 12.9. The maximum atomic E-state index is 7.90. The third-order valence-corrected chi connectivity index (χ3v) is 5.64. The van der Waals surface area contributed by atoms with Crippen LogP contribution in [0.5, 0.6) is 0 Å². The molecule has 0 fully saturated rings. The van der Waals surface area contributed by atoms with E-state index in [4.69, 9.17) is 9.83 Å². The molecule has 0 amide bonds. The summed E-state index contributed by atoms with van der Waals surface area (Å²) in [6.45, 7) is 0. The van der Waals surface area contributed by atoms with E-state index >= 15 is 0 Å². The Labute approximate surface area is 160 Å². The smallest absolute Gasteiger partial charge is 0.227 e. The zero-order valence-corrected chi connectivity index (χ0v) is 15.2. The van der Waals surface area contributed by atoms with Gasteiger partial charge in [-0.05, 0) is 48.7 Å². The van der Waals surface area contributed by atoms with Crippen LogP contribution >= 0.6 is 11.8 Å². The number of hydrogen-bond donors (Lipinski definition) is 2. The van der Waals surface area contributed by atoms with Crippen molar-refractivity contribution in [3.05, 3.63) is 66.6 Å². The van der Waals surface area contributed by atoms with E-state index in [0.29, 0.717) is 11.0 Å². The van der Waals surface area contributed by atoms with Crippen LogP contribution in [0.4, 0.5) is 11.6 Å². The zero-order valence-electron chi connectivity index (χ0n) is 14.4. The van der Waals surface area contributed by atoms with Crippen LogP contribution in [0, 0.1) is 5.41 Å². The highest BCUT2D eigenvalue weighted by Gasteiger charge is 2.15. The number of fused-ring (bicyclic) bond motifs is 2. The van der Waals surface area contributed by atoms with Gasteiger partial charge in [0.1, 0.15) is 5.58 Å². The van der Waals surface area contributed by atoms with Gasteiger partial charge in [0, 0.05) is 27.7 Å². The number of benzene rings is 2. The van der Waals surface area contributed by atoms with Crippen LogP contribution in [0.25, 0.3) is 22.2 Å². The molecule has 5 rings (SSSR count). The summed E-state index contributed by atoms with van der Waals surface area (Å²) in [4.78, 5) is 10.1. The Morgan fingerprint density at radius 1 is 1.07 bits per heavy atom. The molecular weight excluding hydrogens is 356 g/mol. The normalized spacial score (nSPS) is 13.6. The average Bonchev–Trinajstić information content (AvgIpc) is 3.17. The summed E-state index contributed by atoms with van der Waals surface area (Å²) >= 11 is 1.53. The lowest BCUT2D eigenvalue weighted by Gasteiger charge is -2.17. The van der Waals surface area contributed by atoms with Gasteiger partial charge in [-0.1, -0.05) is 30.0 Å². The molecule has 6 heteroatoms. The molecule has 1 aliphatic rings. The summed E-state index contributed by atoms with van der Waals surface area (Å²) < 4.78 is 5.63. The molecule has 4 aromatic rings. The largest absolute Gasteiger partial charge is 0.464 e. The third kappa shape index (κ3) is 3.08. The highest BCUT2D eigenvalue weighted by Crippen LogP contribution is 2.34. The van der Waals surface area contributed by atoms with E-state index in [-0.39, 0.29) is 0 Å². The van der Waals surface area contributed by atoms with Gasteiger partial charge in [-0.15, -0.1) is 0 Å². The predicted molar refractivity (Wildman–Crippen MR) is 109 cm³/mol. The van der Waals surface area contributed by atoms with Crippen LogP contribution in [0.1, 0.15) is 12.0 Å². The van der Waals surface area contributed by atoms with E-state index in [0.717, 1.165) is 45.7 Å². The van der Waals surface area contributed by atoms with E-state index in [1.807, 2.05) is 36.4 Å². The first-order valence-corrected chi connectivity index (χ1v) is 9.53. The molecule has 1 aliphatic heterocycles. The van der Waals surface area contributed by atoms with Crippen LogP contribution in [-0.2, 0) is 6.42 Å². The van der Waals surface area contributed by atoms with Crippen LogP contribution in [0.2, 0.25) is 0 Å². The fourth-order valence-corrected chi connectivity index (χ4v) is 4.22. The van der Waals surface area contributed by atoms with Crippen LogP contribution < -0.4 is 5.32 Å². The Balaban J connectivity index is 1.47. The monoisotopic (exact) mass is 372 g/mol. The molecule has 3 heterocycles. The number of para-hydroxylation sites is 1. The van der Waals surface area contributed by atoms with Crippen LogP contribution in [0.15, 0.2) is 70.3 Å². The molecule has 0 saturated heterocycles. The molecule has 0 radical (unpaired) electrons. The topological polar surface area (TPSA) is 74.8 Å². The van der Waals surface area contributed by atoms with Gasteiger partial charge in [0.25, 0.3) is 0 Å². The highest BCUT2D eigenvalue weighted by molar-refractivity contribution is 8.14. The van der Waals surface area contributed by atoms with Gasteiger partial charge >= 0.3 is 0 Å². The number of nitrogens with one attached hydrogen (secondary N) is 2. The van der Waals surface area contributed by atoms with Crippen molar-refractivity contribution in [2.45, 2.75) is 17.7 Å². The lowest BCUT2D eigenvalue weighted by molar-refractivity contribution is 0.616. The number of aromatic nitrogens is 2. The second-order valence-electron chi connectivity index (χ2n) is 6.38. The first kappa shape index (κ1) is 16.1. The summed E-state index contributed by atoms with van der Waals surface area (Å²) in [7, 11) is 0. The molecule has 0 saturated carbocycles. The number of furan rings is 1. The minimum absolute atomic E-state index is 0.534. The predicted octanol–water partition coefficient (Wildman–Crippen LogP) is 5.65. The molecule has 0 bridgehead atoms. The van der Waals surface area contributed by atoms with Crippen molar-refractivity contribution in [1.82, 2.24) is 9.97 Å². The van der Waals surface area contributed by atoms with Gasteiger partial charge in [-0.2, -0.15) is 0 Å². The van der Waals surface area contributed by atoms with E-state index in [1.54, 1.807) is 12.5 Å². The molecule has 27 heavy (non-hydrogen) atoms. The Bertz CT molecular complexity index is 1170. The Kier molecular flexibility index (Phi) is 3.90. The first-order chi connectivity index (χ1) is 13.3. The average molecular weight is 372 g/mol. The van der Waals surface area contributed by atoms with E-state index in [2.05, 4.69) is 27.4 Å². The fraction of sp³-hybridized carbons (Fsp3) is 0.0952. The Morgan fingerprint density at radius 3 is 3.00 bits per heavy atom. The van der Waals surface area contributed by atoms with Crippen molar-refractivity contribution in [3.63, 3.8) is 0 Å². The zero-order chi connectivity index (χ0) is 18.2. The molecule has 0 atom stereocenters. The molecule has 0 aliphatic carbocycles. The number of rotatable bonds is 3. The first-order valence-electron chi connectivity index (χ1n) is 8.71. The molecule has 2 aromatic carbocycles. The van der Waals surface area contributed by atoms with Gasteiger partial charge in [-0.3, -0.25) is 5.41 Å². The molecule has 132 valence electrons. The number of anilines is 2. The number of aryl methyl sites for hydroxylation is 1. The van der Waals surface area contributed by atoms with E-state index in [1.165, 1.54) is 17.3 Å². The fourth-order valence-electron chi connectivity index (χ4n) is 3.26. The summed E-state index contributed by atoms with van der Waals surface area (Å²) in [5.74, 6) is 0.534. The highest BCUT2D eigenvalue weighted by atomic mass is 32.2. The van der Waals surface area contributed by atoms with Crippen LogP contribution in [0.3, 0.4) is 0 Å². The SMILES string of the molecule is N=C1CCc2ccc(Nc3nccc(-c4cccc5ccoc45)n3)cc2S1. The Morgan fingerprint density at radius 2 is 2.04 bits per heavy atom. The summed E-state index contributed by atoms with van der Waals surface area (Å²) in [6.07, 6.45) is 5.20. The second kappa shape index (κ2) is 6.55. The van der Waals surface area contributed by atoms with Crippen molar-refractivity contribution < 1.29 is 4.42 Å². The summed E-state index contributed by atoms with van der Waals surface area (Å²) in [6, 6.07) is 16.1. The molecule has 0 unspecified atom stereocenters. The van der Waals surface area contributed by atoms with E-state index < -0.39 is 0 Å². The van der Waals surface area contributed by atoms with Crippen molar-refractivity contribution in [1.29, 1.82) is 5.41 Å². The van der Waals surface area contributed by atoms with Crippen molar-refractivity contribution in [2.75, 3.05) is 5.32 Å². The lowest BCUT2D eigenvalue weighted by Crippen LogP contribution is -2.04. The van der Waals surface area contributed by atoms with Gasteiger partial charge in [0.15, 0.2) is 0 Å². The second-order valence-corrected chi connectivity index (χ2v) is 7.52. The number of thioether (sulfide) groups is 1. The number of nitrogens with zero attached hydrogens (tertiary/aromatic N) is 2. The quantitative estimate of drug-likeness (QED) is 0.486. The van der Waals surface area contributed by atoms with Crippen molar-refractivity contribution in [2.24, 2.45) is 0 Å². The van der Waals surface area contributed by atoms with Crippen LogP contribution in [-0.4, -0.2) is 15.0 Å². The minimum Gasteiger partial charge on any atom is -0.464 e. The van der Waals surface area contributed by atoms with Crippen molar-refractivity contribution in [3.8, 4) is 11.3 Å². The molecule has 2 N–H and O–H groups in total. The maximum Gasteiger partial charge on any atom is 0.227 e. The molecule has 0 spiro atoms. The van der Waals surface area contributed by atoms with Gasteiger partial charge in [0.2, 0.25) is 5.95 Å². The maximum absolute atomic E-state index is 7.90. The lowest BCUT2D eigenvalue weighted by atomic mass is 10.1. The van der Waals surface area contributed by atoms with Gasteiger partial charge in [-0.25, -0.2) is 9.97 Å². The van der Waals surface area contributed by atoms with E-state index in [9.17, 15) is 0 Å². The molecule has 5 nitrogen and oxygen atoms in total.